The Labute approximate surface area is 121 Å². The summed E-state index contributed by atoms with van der Waals surface area (Å²) in [7, 11) is 1.69. The molecule has 1 saturated heterocycles. The number of likely N-dealkylation sites (tertiary alicyclic amines) is 1. The Morgan fingerprint density at radius 2 is 1.95 bits per heavy atom. The van der Waals surface area contributed by atoms with E-state index in [1.165, 1.54) is 12.0 Å². The van der Waals surface area contributed by atoms with Crippen LogP contribution in [0.1, 0.15) is 50.2 Å². The van der Waals surface area contributed by atoms with Crippen LogP contribution in [0.5, 0.6) is 5.75 Å². The summed E-state index contributed by atoms with van der Waals surface area (Å²) >= 11 is 0. The maximum Gasteiger partial charge on any atom is 0.226 e. The molecule has 20 heavy (non-hydrogen) atoms. The predicted molar refractivity (Wildman–Crippen MR) is 81.2 cm³/mol. The van der Waals surface area contributed by atoms with Crippen LogP contribution in [0, 0.1) is 0 Å². The van der Waals surface area contributed by atoms with Gasteiger partial charge in [-0.15, -0.1) is 0 Å². The van der Waals surface area contributed by atoms with Crippen molar-refractivity contribution in [3.05, 3.63) is 29.3 Å². The predicted octanol–water partition coefficient (Wildman–Crippen LogP) is 3.37. The van der Waals surface area contributed by atoms with Gasteiger partial charge in [0, 0.05) is 13.1 Å². The van der Waals surface area contributed by atoms with Crippen molar-refractivity contribution >= 4 is 5.91 Å². The quantitative estimate of drug-likeness (QED) is 0.843. The zero-order valence-corrected chi connectivity index (χ0v) is 12.8. The van der Waals surface area contributed by atoms with Gasteiger partial charge in [-0.3, -0.25) is 4.79 Å². The number of benzene rings is 1. The van der Waals surface area contributed by atoms with Crippen LogP contribution in [0.3, 0.4) is 0 Å². The molecular weight excluding hydrogens is 250 g/mol. The number of piperidine rings is 1. The Kier molecular flexibility index (Phi) is 5.05. The maximum absolute atomic E-state index is 12.3. The van der Waals surface area contributed by atoms with Gasteiger partial charge in [0.1, 0.15) is 5.75 Å². The van der Waals surface area contributed by atoms with E-state index >= 15 is 0 Å². The van der Waals surface area contributed by atoms with E-state index < -0.39 is 0 Å². The Bertz CT molecular complexity index is 462. The normalized spacial score (nSPS) is 15.5. The molecular formula is C17H25NO2. The molecule has 0 unspecified atom stereocenters. The van der Waals surface area contributed by atoms with E-state index in [4.69, 9.17) is 4.74 Å². The number of carbonyl (C=O) groups is 1. The van der Waals surface area contributed by atoms with Crippen LogP contribution in [0.15, 0.2) is 18.2 Å². The number of rotatable bonds is 4. The number of ether oxygens (including phenoxy) is 1. The topological polar surface area (TPSA) is 29.5 Å². The lowest BCUT2D eigenvalue weighted by molar-refractivity contribution is -0.131. The SMILES string of the molecule is COc1ccc(CC(=O)N2CCCCC2)cc1C(C)C. The van der Waals surface area contributed by atoms with Gasteiger partial charge in [0.2, 0.25) is 5.91 Å². The zero-order chi connectivity index (χ0) is 14.5. The molecule has 3 heteroatoms. The van der Waals surface area contributed by atoms with E-state index in [9.17, 15) is 4.79 Å². The van der Waals surface area contributed by atoms with Crippen LogP contribution in [0.25, 0.3) is 0 Å². The first-order valence-corrected chi connectivity index (χ1v) is 7.56. The lowest BCUT2D eigenvalue weighted by Gasteiger charge is -2.27. The average Bonchev–Trinajstić information content (AvgIpc) is 2.48. The highest BCUT2D eigenvalue weighted by Gasteiger charge is 2.17. The van der Waals surface area contributed by atoms with E-state index in [2.05, 4.69) is 19.9 Å². The first kappa shape index (κ1) is 14.9. The highest BCUT2D eigenvalue weighted by atomic mass is 16.5. The number of hydrogen-bond donors (Lipinski definition) is 0. The summed E-state index contributed by atoms with van der Waals surface area (Å²) in [5.74, 6) is 1.56. The Hall–Kier alpha value is -1.51. The second kappa shape index (κ2) is 6.78. The summed E-state index contributed by atoms with van der Waals surface area (Å²) in [6.45, 7) is 6.14. The number of amides is 1. The van der Waals surface area contributed by atoms with Crippen LogP contribution in [0.4, 0.5) is 0 Å². The molecule has 2 rings (SSSR count). The summed E-state index contributed by atoms with van der Waals surface area (Å²) in [6.07, 6.45) is 4.05. The lowest BCUT2D eigenvalue weighted by atomic mass is 9.98. The van der Waals surface area contributed by atoms with Crippen molar-refractivity contribution in [3.63, 3.8) is 0 Å². The van der Waals surface area contributed by atoms with E-state index in [-0.39, 0.29) is 5.91 Å². The standard InChI is InChI=1S/C17H25NO2/c1-13(2)15-11-14(7-8-16(15)20-3)12-17(19)18-9-5-4-6-10-18/h7-8,11,13H,4-6,9-10,12H2,1-3H3. The monoisotopic (exact) mass is 275 g/mol. The van der Waals surface area contributed by atoms with Crippen LogP contribution < -0.4 is 4.74 Å². The lowest BCUT2D eigenvalue weighted by Crippen LogP contribution is -2.36. The van der Waals surface area contributed by atoms with Crippen molar-refractivity contribution < 1.29 is 9.53 Å². The van der Waals surface area contributed by atoms with Crippen LogP contribution in [0.2, 0.25) is 0 Å². The molecule has 110 valence electrons. The Balaban J connectivity index is 2.08. The minimum atomic E-state index is 0.254. The third-order valence-electron chi connectivity index (χ3n) is 3.98. The van der Waals surface area contributed by atoms with E-state index in [0.29, 0.717) is 12.3 Å². The number of hydrogen-bond acceptors (Lipinski definition) is 2. The smallest absolute Gasteiger partial charge is 0.226 e. The summed E-state index contributed by atoms with van der Waals surface area (Å²) in [6, 6.07) is 6.10. The van der Waals surface area contributed by atoms with Gasteiger partial charge in [-0.2, -0.15) is 0 Å². The molecule has 0 N–H and O–H groups in total. The van der Waals surface area contributed by atoms with E-state index in [1.807, 2.05) is 17.0 Å². The highest BCUT2D eigenvalue weighted by molar-refractivity contribution is 5.79. The van der Waals surface area contributed by atoms with Crippen molar-refractivity contribution in [1.29, 1.82) is 0 Å². The average molecular weight is 275 g/mol. The van der Waals surface area contributed by atoms with Gasteiger partial charge in [-0.25, -0.2) is 0 Å². The van der Waals surface area contributed by atoms with Crippen molar-refractivity contribution in [3.8, 4) is 5.75 Å². The summed E-state index contributed by atoms with van der Waals surface area (Å²) in [5, 5.41) is 0. The van der Waals surface area contributed by atoms with Gasteiger partial charge in [0.15, 0.2) is 0 Å². The summed E-state index contributed by atoms with van der Waals surface area (Å²) < 4.78 is 5.39. The molecule has 1 aliphatic rings. The molecule has 0 radical (unpaired) electrons. The minimum absolute atomic E-state index is 0.254. The minimum Gasteiger partial charge on any atom is -0.496 e. The second-order valence-corrected chi connectivity index (χ2v) is 5.85. The number of carbonyl (C=O) groups excluding carboxylic acids is 1. The molecule has 0 atom stereocenters. The molecule has 0 aromatic heterocycles. The highest BCUT2D eigenvalue weighted by Crippen LogP contribution is 2.27. The largest absolute Gasteiger partial charge is 0.496 e. The summed E-state index contributed by atoms with van der Waals surface area (Å²) in [4.78, 5) is 14.3. The fourth-order valence-electron chi connectivity index (χ4n) is 2.77. The summed E-state index contributed by atoms with van der Waals surface area (Å²) in [5.41, 5.74) is 2.27. The Morgan fingerprint density at radius 1 is 1.25 bits per heavy atom. The number of nitrogens with zero attached hydrogens (tertiary/aromatic N) is 1. The molecule has 1 amide bonds. The van der Waals surface area contributed by atoms with Gasteiger partial charge in [0.05, 0.1) is 13.5 Å². The van der Waals surface area contributed by atoms with Gasteiger partial charge in [-0.1, -0.05) is 26.0 Å². The van der Waals surface area contributed by atoms with Crippen molar-refractivity contribution in [1.82, 2.24) is 4.90 Å². The molecule has 1 aromatic carbocycles. The number of methoxy groups -OCH3 is 1. The third kappa shape index (κ3) is 3.53. The van der Waals surface area contributed by atoms with Crippen molar-refractivity contribution in [2.24, 2.45) is 0 Å². The van der Waals surface area contributed by atoms with Gasteiger partial charge in [0.25, 0.3) is 0 Å². The molecule has 1 aromatic rings. The molecule has 1 heterocycles. The van der Waals surface area contributed by atoms with Crippen molar-refractivity contribution in [2.45, 2.75) is 45.4 Å². The first-order valence-electron chi connectivity index (χ1n) is 7.56. The van der Waals surface area contributed by atoms with Crippen LogP contribution in [-0.2, 0) is 11.2 Å². The molecule has 3 nitrogen and oxygen atoms in total. The Morgan fingerprint density at radius 3 is 2.55 bits per heavy atom. The first-order chi connectivity index (χ1) is 9.61. The zero-order valence-electron chi connectivity index (χ0n) is 12.8. The van der Waals surface area contributed by atoms with Crippen LogP contribution >= 0.6 is 0 Å². The fraction of sp³-hybridized carbons (Fsp3) is 0.588. The molecule has 0 spiro atoms. The second-order valence-electron chi connectivity index (χ2n) is 5.85. The van der Waals surface area contributed by atoms with E-state index in [1.54, 1.807) is 7.11 Å². The van der Waals surface area contributed by atoms with Gasteiger partial charge < -0.3 is 9.64 Å². The molecule has 0 aliphatic carbocycles. The van der Waals surface area contributed by atoms with E-state index in [0.717, 1.165) is 37.2 Å². The molecule has 1 fully saturated rings. The molecule has 0 bridgehead atoms. The molecule has 0 saturated carbocycles. The van der Waals surface area contributed by atoms with Crippen molar-refractivity contribution in [2.75, 3.05) is 20.2 Å². The molecule has 1 aliphatic heterocycles. The van der Waals surface area contributed by atoms with Gasteiger partial charge >= 0.3 is 0 Å². The fourth-order valence-corrected chi connectivity index (χ4v) is 2.77. The van der Waals surface area contributed by atoms with Gasteiger partial charge in [-0.05, 0) is 42.4 Å². The van der Waals surface area contributed by atoms with Crippen LogP contribution in [-0.4, -0.2) is 31.0 Å². The third-order valence-corrected chi connectivity index (χ3v) is 3.98. The maximum atomic E-state index is 12.3.